The van der Waals surface area contributed by atoms with E-state index in [9.17, 15) is 20.0 Å². The highest BCUT2D eigenvalue weighted by atomic mass is 32.1. The van der Waals surface area contributed by atoms with E-state index >= 15 is 0 Å². The normalized spacial score (nSPS) is 17.1. The number of aromatic nitrogens is 1. The van der Waals surface area contributed by atoms with Crippen LogP contribution in [0.3, 0.4) is 0 Å². The number of hydrogen-bond acceptors (Lipinski definition) is 8. The predicted octanol–water partition coefficient (Wildman–Crippen LogP) is 4.56. The van der Waals surface area contributed by atoms with Crippen LogP contribution in [0.5, 0.6) is 0 Å². The number of esters is 1. The average Bonchev–Trinajstić information content (AvgIpc) is 3.47. The summed E-state index contributed by atoms with van der Waals surface area (Å²) >= 11 is 1.42. The number of fused-ring (bicyclic) bond motifs is 1. The molecule has 1 saturated carbocycles. The molecule has 2 aliphatic rings. The molecule has 2 heterocycles. The molecule has 37 heavy (non-hydrogen) atoms. The Labute approximate surface area is 217 Å². The van der Waals surface area contributed by atoms with Gasteiger partial charge in [-0.2, -0.15) is 5.26 Å². The first-order valence-electron chi connectivity index (χ1n) is 12.0. The largest absolute Gasteiger partial charge is 0.510 e. The van der Waals surface area contributed by atoms with Crippen molar-refractivity contribution in [2.24, 2.45) is 0 Å². The molecule has 10 heteroatoms. The van der Waals surface area contributed by atoms with Crippen LogP contribution in [0.2, 0.25) is 0 Å². The molecule has 1 aliphatic heterocycles. The zero-order valence-corrected chi connectivity index (χ0v) is 20.8. The molecule has 0 bridgehead atoms. The number of nitrogens with zero attached hydrogens (tertiary/aromatic N) is 3. The smallest absolute Gasteiger partial charge is 0.338 e. The molecule has 0 radical (unpaired) electrons. The number of anilines is 1. The third-order valence-electron chi connectivity index (χ3n) is 6.66. The summed E-state index contributed by atoms with van der Waals surface area (Å²) in [7, 11) is 0. The number of nitriles is 1. The summed E-state index contributed by atoms with van der Waals surface area (Å²) in [6, 6.07) is 16.3. The lowest BCUT2D eigenvalue weighted by Crippen LogP contribution is -2.50. The van der Waals surface area contributed by atoms with Crippen molar-refractivity contribution in [3.8, 4) is 6.07 Å². The molecule has 1 fully saturated rings. The maximum atomic E-state index is 12.5. The molecule has 1 aliphatic carbocycles. The van der Waals surface area contributed by atoms with Crippen molar-refractivity contribution in [2.75, 3.05) is 18.1 Å². The minimum Gasteiger partial charge on any atom is -0.510 e. The summed E-state index contributed by atoms with van der Waals surface area (Å²) < 4.78 is 6.13. The second kappa shape index (κ2) is 10.0. The number of carbonyl (C=O) groups is 2. The molecule has 0 saturated heterocycles. The van der Waals surface area contributed by atoms with Gasteiger partial charge in [0.25, 0.3) is 5.91 Å². The van der Waals surface area contributed by atoms with Crippen molar-refractivity contribution in [3.05, 3.63) is 64.9 Å². The molecule has 3 N–H and O–H groups in total. The van der Waals surface area contributed by atoms with E-state index in [0.717, 1.165) is 29.5 Å². The standard InChI is InChI=1S/C27H25N5O4S/c28-16-27(12-4-1-5-13-27)31-22(34)15-36-26(35)17-8-10-18(11-9-17)32-14-20(33)23(24(32)29)25-30-19-6-2-3-7-21(19)37-25/h2-3,6-11,29,33H,1,4-5,12-15H2,(H,31,34). The molecule has 3 aromatic rings. The molecule has 1 amide bonds. The van der Waals surface area contributed by atoms with Gasteiger partial charge in [-0.3, -0.25) is 10.2 Å². The molecule has 0 unspecified atom stereocenters. The Morgan fingerprint density at radius 2 is 1.89 bits per heavy atom. The number of para-hydroxylation sites is 1. The van der Waals surface area contributed by atoms with Gasteiger partial charge in [-0.05, 0) is 49.2 Å². The van der Waals surface area contributed by atoms with Crippen LogP contribution in [0.1, 0.15) is 47.5 Å². The Morgan fingerprint density at radius 1 is 1.16 bits per heavy atom. The van der Waals surface area contributed by atoms with Crippen molar-refractivity contribution < 1.29 is 19.4 Å². The second-order valence-corrected chi connectivity index (χ2v) is 10.2. The number of aliphatic hydroxyl groups excluding tert-OH is 1. The maximum absolute atomic E-state index is 12.5. The number of nitrogens with one attached hydrogen (secondary N) is 2. The third-order valence-corrected chi connectivity index (χ3v) is 7.71. The molecule has 188 valence electrons. The maximum Gasteiger partial charge on any atom is 0.338 e. The van der Waals surface area contributed by atoms with Gasteiger partial charge in [0.2, 0.25) is 0 Å². The average molecular weight is 516 g/mol. The summed E-state index contributed by atoms with van der Waals surface area (Å²) in [4.78, 5) is 31.0. The highest BCUT2D eigenvalue weighted by molar-refractivity contribution is 7.19. The van der Waals surface area contributed by atoms with Gasteiger partial charge in [0.1, 0.15) is 22.1 Å². The van der Waals surface area contributed by atoms with Crippen LogP contribution < -0.4 is 10.2 Å². The molecular weight excluding hydrogens is 490 g/mol. The van der Waals surface area contributed by atoms with Crippen molar-refractivity contribution in [1.29, 1.82) is 10.7 Å². The number of aliphatic hydroxyl groups is 1. The number of hydrogen-bond donors (Lipinski definition) is 3. The Bertz CT molecular complexity index is 1410. The van der Waals surface area contributed by atoms with E-state index < -0.39 is 24.0 Å². The molecule has 1 aromatic heterocycles. The minimum absolute atomic E-state index is 0.0617. The van der Waals surface area contributed by atoms with E-state index in [-0.39, 0.29) is 23.7 Å². The fourth-order valence-corrected chi connectivity index (χ4v) is 5.75. The monoisotopic (exact) mass is 515 g/mol. The Morgan fingerprint density at radius 3 is 2.59 bits per heavy atom. The van der Waals surface area contributed by atoms with Crippen molar-refractivity contribution in [2.45, 2.75) is 37.6 Å². The van der Waals surface area contributed by atoms with E-state index in [1.807, 2.05) is 24.3 Å². The van der Waals surface area contributed by atoms with Crippen LogP contribution in [-0.2, 0) is 9.53 Å². The Hall–Kier alpha value is -4.23. The van der Waals surface area contributed by atoms with Crippen molar-refractivity contribution >= 4 is 50.5 Å². The first-order chi connectivity index (χ1) is 17.9. The van der Waals surface area contributed by atoms with E-state index in [0.29, 0.717) is 29.1 Å². The fraction of sp³-hybridized carbons (Fsp3) is 0.296. The van der Waals surface area contributed by atoms with Gasteiger partial charge in [0.05, 0.1) is 34.0 Å². The molecule has 9 nitrogen and oxygen atoms in total. The van der Waals surface area contributed by atoms with E-state index in [1.165, 1.54) is 11.3 Å². The molecule has 0 spiro atoms. The van der Waals surface area contributed by atoms with Gasteiger partial charge >= 0.3 is 5.97 Å². The zero-order chi connectivity index (χ0) is 26.0. The lowest BCUT2D eigenvalue weighted by molar-refractivity contribution is -0.125. The van der Waals surface area contributed by atoms with Crippen LogP contribution in [0, 0.1) is 16.7 Å². The van der Waals surface area contributed by atoms with Crippen LogP contribution in [-0.4, -0.2) is 46.5 Å². The number of benzene rings is 2. The minimum atomic E-state index is -0.882. The van der Waals surface area contributed by atoms with Gasteiger partial charge in [0.15, 0.2) is 6.61 Å². The summed E-state index contributed by atoms with van der Waals surface area (Å²) in [5, 5.41) is 32.1. The second-order valence-electron chi connectivity index (χ2n) is 9.17. The van der Waals surface area contributed by atoms with Crippen LogP contribution in [0.25, 0.3) is 15.8 Å². The van der Waals surface area contributed by atoms with Gasteiger partial charge < -0.3 is 20.1 Å². The summed E-state index contributed by atoms with van der Waals surface area (Å²) in [5.74, 6) is -0.976. The topological polar surface area (TPSA) is 139 Å². The van der Waals surface area contributed by atoms with E-state index in [4.69, 9.17) is 10.1 Å². The van der Waals surface area contributed by atoms with Crippen molar-refractivity contribution in [3.63, 3.8) is 0 Å². The molecular formula is C27H25N5O4S. The lowest BCUT2D eigenvalue weighted by atomic mass is 9.83. The summed E-state index contributed by atoms with van der Waals surface area (Å²) in [6.07, 6.45) is 4.00. The molecule has 2 aromatic carbocycles. The fourth-order valence-electron chi connectivity index (χ4n) is 4.72. The number of amides is 1. The number of thiazole rings is 1. The number of ether oxygens (including phenoxy) is 1. The third kappa shape index (κ3) is 4.90. The van der Waals surface area contributed by atoms with Gasteiger partial charge in [-0.15, -0.1) is 11.3 Å². The van der Waals surface area contributed by atoms with E-state index in [1.54, 1.807) is 29.2 Å². The lowest BCUT2D eigenvalue weighted by Gasteiger charge is -2.31. The van der Waals surface area contributed by atoms with E-state index in [2.05, 4.69) is 16.4 Å². The van der Waals surface area contributed by atoms with Gasteiger partial charge in [-0.1, -0.05) is 31.4 Å². The first kappa shape index (κ1) is 24.5. The molecule has 5 rings (SSSR count). The van der Waals surface area contributed by atoms with Gasteiger partial charge in [-0.25, -0.2) is 9.78 Å². The Kier molecular flexibility index (Phi) is 6.63. The highest BCUT2D eigenvalue weighted by Gasteiger charge is 2.34. The van der Waals surface area contributed by atoms with Crippen LogP contribution in [0.15, 0.2) is 54.3 Å². The summed E-state index contributed by atoms with van der Waals surface area (Å²) in [5.41, 5.74) is 1.19. The van der Waals surface area contributed by atoms with Gasteiger partial charge in [0, 0.05) is 5.69 Å². The molecule has 0 atom stereocenters. The van der Waals surface area contributed by atoms with Crippen LogP contribution >= 0.6 is 11.3 Å². The predicted molar refractivity (Wildman–Crippen MR) is 141 cm³/mol. The Balaban J connectivity index is 1.21. The number of carbonyl (C=O) groups excluding carboxylic acids is 2. The first-order valence-corrected chi connectivity index (χ1v) is 12.8. The number of amidine groups is 1. The number of rotatable bonds is 6. The SMILES string of the molecule is N#CC1(NC(=O)COC(=O)c2ccc(N3CC(O)=C(c4nc5ccccc5s4)C3=N)cc2)CCCCC1. The van der Waals surface area contributed by atoms with Crippen LogP contribution in [0.4, 0.5) is 5.69 Å². The van der Waals surface area contributed by atoms with Crippen molar-refractivity contribution in [1.82, 2.24) is 10.3 Å². The quantitative estimate of drug-likeness (QED) is 0.409. The highest BCUT2D eigenvalue weighted by Crippen LogP contribution is 2.35. The zero-order valence-electron chi connectivity index (χ0n) is 20.0. The summed E-state index contributed by atoms with van der Waals surface area (Å²) in [6.45, 7) is -0.348.